The van der Waals surface area contributed by atoms with Gasteiger partial charge in [-0.15, -0.1) is 0 Å². The number of benzene rings is 2. The number of hydrogen-bond donors (Lipinski definition) is 2. The molecule has 28 heavy (non-hydrogen) atoms. The van der Waals surface area contributed by atoms with Gasteiger partial charge in [0, 0.05) is 31.5 Å². The molecule has 1 fully saturated rings. The number of para-hydroxylation sites is 1. The number of likely N-dealkylation sites (tertiary alicyclic amines) is 1. The summed E-state index contributed by atoms with van der Waals surface area (Å²) in [6, 6.07) is 19.1. The van der Waals surface area contributed by atoms with Crippen LogP contribution in [-0.4, -0.2) is 47.7 Å². The van der Waals surface area contributed by atoms with Crippen LogP contribution < -0.4 is 10.1 Å². The van der Waals surface area contributed by atoms with Crippen molar-refractivity contribution < 1.29 is 19.4 Å². The van der Waals surface area contributed by atoms with Gasteiger partial charge in [0.2, 0.25) is 0 Å². The minimum Gasteiger partial charge on any atom is -0.493 e. The number of ether oxygens (including phenoxy) is 1. The van der Waals surface area contributed by atoms with Crippen LogP contribution in [0.5, 0.6) is 5.75 Å². The molecule has 6 nitrogen and oxygen atoms in total. The molecule has 1 aliphatic heterocycles. The fourth-order valence-electron chi connectivity index (χ4n) is 3.26. The van der Waals surface area contributed by atoms with Gasteiger partial charge in [-0.3, -0.25) is 4.79 Å². The van der Waals surface area contributed by atoms with Gasteiger partial charge in [0.1, 0.15) is 5.75 Å². The summed E-state index contributed by atoms with van der Waals surface area (Å²) >= 11 is 0. The summed E-state index contributed by atoms with van der Waals surface area (Å²) in [4.78, 5) is 25.2. The lowest BCUT2D eigenvalue weighted by Gasteiger charge is -2.39. The van der Waals surface area contributed by atoms with E-state index in [1.165, 1.54) is 0 Å². The van der Waals surface area contributed by atoms with Crippen LogP contribution in [0.1, 0.15) is 18.4 Å². The highest BCUT2D eigenvalue weighted by Gasteiger charge is 2.32. The predicted octanol–water partition coefficient (Wildman–Crippen LogP) is 3.18. The molecule has 2 amide bonds. The maximum Gasteiger partial charge on any atom is 0.317 e. The third-order valence-electron chi connectivity index (χ3n) is 4.83. The third kappa shape index (κ3) is 6.01. The normalized spacial score (nSPS) is 14.8. The van der Waals surface area contributed by atoms with E-state index in [0.29, 0.717) is 38.5 Å². The van der Waals surface area contributed by atoms with E-state index in [2.05, 4.69) is 5.32 Å². The number of aliphatic carboxylic acids is 1. The van der Waals surface area contributed by atoms with Gasteiger partial charge in [-0.25, -0.2) is 4.79 Å². The number of carboxylic acid groups (broad SMARTS) is 1. The average molecular weight is 382 g/mol. The lowest BCUT2D eigenvalue weighted by molar-refractivity contribution is -0.137. The van der Waals surface area contributed by atoms with Crippen molar-refractivity contribution in [3.8, 4) is 5.75 Å². The molecule has 2 aromatic carbocycles. The first-order chi connectivity index (χ1) is 13.6. The van der Waals surface area contributed by atoms with Crippen molar-refractivity contribution in [2.45, 2.75) is 25.3 Å². The van der Waals surface area contributed by atoms with Crippen molar-refractivity contribution in [2.75, 3.05) is 19.7 Å². The van der Waals surface area contributed by atoms with Crippen molar-refractivity contribution in [3.05, 3.63) is 66.2 Å². The van der Waals surface area contributed by atoms with Gasteiger partial charge >= 0.3 is 12.0 Å². The van der Waals surface area contributed by atoms with E-state index in [1.807, 2.05) is 60.7 Å². The van der Waals surface area contributed by atoms with Crippen molar-refractivity contribution in [1.29, 1.82) is 0 Å². The second-order valence-corrected chi connectivity index (χ2v) is 7.16. The van der Waals surface area contributed by atoms with Crippen molar-refractivity contribution in [1.82, 2.24) is 10.2 Å². The molecule has 3 rings (SSSR count). The number of hydrogen-bond acceptors (Lipinski definition) is 3. The Morgan fingerprint density at radius 1 is 1.07 bits per heavy atom. The molecule has 1 unspecified atom stereocenters. The van der Waals surface area contributed by atoms with Crippen molar-refractivity contribution >= 4 is 12.0 Å². The van der Waals surface area contributed by atoms with E-state index in [4.69, 9.17) is 9.84 Å². The largest absolute Gasteiger partial charge is 0.493 e. The Morgan fingerprint density at radius 2 is 1.71 bits per heavy atom. The highest BCUT2D eigenvalue weighted by molar-refractivity contribution is 5.75. The van der Waals surface area contributed by atoms with Crippen LogP contribution in [0, 0.1) is 5.92 Å². The molecule has 1 heterocycles. The first-order valence-electron chi connectivity index (χ1n) is 9.59. The Bertz CT molecular complexity index is 761. The molecule has 2 N–H and O–H groups in total. The van der Waals surface area contributed by atoms with Crippen LogP contribution in [0.25, 0.3) is 0 Å². The molecular weight excluding hydrogens is 356 g/mol. The smallest absolute Gasteiger partial charge is 0.317 e. The number of carboxylic acids is 1. The first-order valence-corrected chi connectivity index (χ1v) is 9.59. The molecule has 1 saturated heterocycles. The summed E-state index contributed by atoms with van der Waals surface area (Å²) in [5.41, 5.74) is 1.08. The number of amides is 2. The van der Waals surface area contributed by atoms with Crippen molar-refractivity contribution in [3.63, 3.8) is 0 Å². The van der Waals surface area contributed by atoms with Gasteiger partial charge in [0.15, 0.2) is 0 Å². The second kappa shape index (κ2) is 9.78. The van der Waals surface area contributed by atoms with E-state index in [0.717, 1.165) is 11.3 Å². The van der Waals surface area contributed by atoms with E-state index < -0.39 is 5.97 Å². The van der Waals surface area contributed by atoms with Crippen LogP contribution in [0.2, 0.25) is 0 Å². The SMILES string of the molecule is O=C(O)CCC(Cc1ccccc1)NC(=O)N1CC(COc2ccccc2)C1. The number of carbonyl (C=O) groups excluding carboxylic acids is 1. The number of carbonyl (C=O) groups is 2. The van der Waals surface area contributed by atoms with E-state index in [-0.39, 0.29) is 18.5 Å². The minimum absolute atomic E-state index is 0.0331. The van der Waals surface area contributed by atoms with Gasteiger partial charge in [0.05, 0.1) is 6.61 Å². The van der Waals surface area contributed by atoms with Crippen molar-refractivity contribution in [2.24, 2.45) is 5.92 Å². The van der Waals surface area contributed by atoms with Crippen LogP contribution in [0.3, 0.4) is 0 Å². The van der Waals surface area contributed by atoms with Crippen LogP contribution in [0.4, 0.5) is 4.79 Å². The molecule has 1 atom stereocenters. The number of urea groups is 1. The topological polar surface area (TPSA) is 78.9 Å². The monoisotopic (exact) mass is 382 g/mol. The standard InChI is InChI=1S/C22H26N2O4/c25-21(26)12-11-19(13-17-7-3-1-4-8-17)23-22(27)24-14-18(15-24)16-28-20-9-5-2-6-10-20/h1-10,18-19H,11-16H2,(H,23,27)(H,25,26). The van der Waals surface area contributed by atoms with E-state index >= 15 is 0 Å². The third-order valence-corrected chi connectivity index (χ3v) is 4.83. The van der Waals surface area contributed by atoms with Gasteiger partial charge in [-0.2, -0.15) is 0 Å². The molecule has 6 heteroatoms. The Hall–Kier alpha value is -3.02. The molecule has 0 aliphatic carbocycles. The summed E-state index contributed by atoms with van der Waals surface area (Å²) in [6.07, 6.45) is 1.06. The van der Waals surface area contributed by atoms with Crippen LogP contribution >= 0.6 is 0 Å². The first kappa shape index (κ1) is 19.7. The molecule has 0 saturated carbocycles. The lowest BCUT2D eigenvalue weighted by Crippen LogP contribution is -2.57. The molecule has 0 spiro atoms. The predicted molar refractivity (Wildman–Crippen MR) is 106 cm³/mol. The molecule has 0 bridgehead atoms. The Kier molecular flexibility index (Phi) is 6.89. The minimum atomic E-state index is -0.852. The summed E-state index contributed by atoms with van der Waals surface area (Å²) < 4.78 is 5.74. The van der Waals surface area contributed by atoms with E-state index in [9.17, 15) is 9.59 Å². The molecule has 148 valence electrons. The Balaban J connectivity index is 1.45. The second-order valence-electron chi connectivity index (χ2n) is 7.16. The maximum absolute atomic E-state index is 12.5. The Morgan fingerprint density at radius 3 is 2.36 bits per heavy atom. The molecule has 2 aromatic rings. The zero-order valence-corrected chi connectivity index (χ0v) is 15.8. The maximum atomic E-state index is 12.5. The fourth-order valence-corrected chi connectivity index (χ4v) is 3.26. The van der Waals surface area contributed by atoms with Gasteiger partial charge in [-0.05, 0) is 30.5 Å². The number of rotatable bonds is 9. The highest BCUT2D eigenvalue weighted by atomic mass is 16.5. The van der Waals surface area contributed by atoms with Gasteiger partial charge in [0.25, 0.3) is 0 Å². The quantitative estimate of drug-likeness (QED) is 0.698. The van der Waals surface area contributed by atoms with Gasteiger partial charge < -0.3 is 20.1 Å². The number of nitrogens with one attached hydrogen (secondary N) is 1. The van der Waals surface area contributed by atoms with Crippen LogP contribution in [0.15, 0.2) is 60.7 Å². The lowest BCUT2D eigenvalue weighted by atomic mass is 10.0. The summed E-state index contributed by atoms with van der Waals surface area (Å²) in [5.74, 6) is 0.300. The number of nitrogens with zero attached hydrogens (tertiary/aromatic N) is 1. The molecular formula is C22H26N2O4. The summed E-state index contributed by atoms with van der Waals surface area (Å²) in [7, 11) is 0. The highest BCUT2D eigenvalue weighted by Crippen LogP contribution is 2.19. The zero-order valence-electron chi connectivity index (χ0n) is 15.8. The summed E-state index contributed by atoms with van der Waals surface area (Å²) in [5, 5.41) is 12.0. The van der Waals surface area contributed by atoms with Crippen LogP contribution in [-0.2, 0) is 11.2 Å². The average Bonchev–Trinajstić information content (AvgIpc) is 2.66. The fraction of sp³-hybridized carbons (Fsp3) is 0.364. The van der Waals surface area contributed by atoms with E-state index in [1.54, 1.807) is 4.90 Å². The molecule has 1 aliphatic rings. The molecule has 0 radical (unpaired) electrons. The zero-order chi connectivity index (χ0) is 19.8. The Labute approximate surface area is 165 Å². The molecule has 0 aromatic heterocycles. The summed E-state index contributed by atoms with van der Waals surface area (Å²) in [6.45, 7) is 1.88. The van der Waals surface area contributed by atoms with Gasteiger partial charge in [-0.1, -0.05) is 48.5 Å².